The molecule has 7 rings (SSSR count). The summed E-state index contributed by atoms with van der Waals surface area (Å²) in [6.07, 6.45) is 0. The fraction of sp³-hybridized carbons (Fsp3) is 0.237. The third-order valence-corrected chi connectivity index (χ3v) is 8.90. The Labute approximate surface area is 280 Å². The van der Waals surface area contributed by atoms with Gasteiger partial charge in [-0.1, -0.05) is 30.3 Å². The number of methoxy groups -OCH3 is 3. The number of anilines is 3. The van der Waals surface area contributed by atoms with Crippen LogP contribution in [-0.2, 0) is 0 Å². The summed E-state index contributed by atoms with van der Waals surface area (Å²) < 4.78 is 19.3. The van der Waals surface area contributed by atoms with E-state index in [-0.39, 0.29) is 6.04 Å². The highest BCUT2D eigenvalue weighted by atomic mass is 16.5. The molecule has 10 nitrogen and oxygen atoms in total. The molecule has 0 unspecified atom stereocenters. The van der Waals surface area contributed by atoms with E-state index in [9.17, 15) is 0 Å². The summed E-state index contributed by atoms with van der Waals surface area (Å²) in [5, 5.41) is 8.67. The van der Waals surface area contributed by atoms with Gasteiger partial charge in [0, 0.05) is 30.0 Å². The molecule has 3 heterocycles. The molecule has 1 atom stereocenters. The molecule has 2 aliphatic rings. The van der Waals surface area contributed by atoms with Crippen molar-refractivity contribution in [2.24, 2.45) is 9.98 Å². The van der Waals surface area contributed by atoms with Crippen LogP contribution in [0.3, 0.4) is 0 Å². The molecule has 2 aliphatic heterocycles. The molecule has 0 spiro atoms. The monoisotopic (exact) mass is 641 g/mol. The summed E-state index contributed by atoms with van der Waals surface area (Å²) in [7, 11) is 4.88. The average molecular weight is 642 g/mol. The second-order valence-corrected chi connectivity index (χ2v) is 11.5. The molecular formula is C38H39N7O3. The molecule has 0 amide bonds. The van der Waals surface area contributed by atoms with Crippen LogP contribution in [0.15, 0.2) is 101 Å². The number of nitrogens with one attached hydrogen (secondary N) is 1. The number of amidine groups is 2. The lowest BCUT2D eigenvalue weighted by molar-refractivity contribution is 0.323. The fourth-order valence-corrected chi connectivity index (χ4v) is 6.60. The predicted octanol–water partition coefficient (Wildman–Crippen LogP) is 7.85. The van der Waals surface area contributed by atoms with E-state index in [2.05, 4.69) is 59.3 Å². The van der Waals surface area contributed by atoms with Crippen LogP contribution in [0.1, 0.15) is 36.7 Å². The molecule has 0 fully saturated rings. The van der Waals surface area contributed by atoms with Gasteiger partial charge in [-0.3, -0.25) is 0 Å². The topological polar surface area (TPSA) is 88.7 Å². The molecule has 10 heteroatoms. The SMILES string of the molecule is CCN(CC)c1ccc(NC2=Nc3ccccc3N3C2=Nc2c(c(C)nn2-c2ccccc2)[C@H]3c2cc(OC)c(OC)c(OC)c2)cc1. The van der Waals surface area contributed by atoms with Crippen LogP contribution < -0.4 is 29.3 Å². The number of para-hydroxylation sites is 3. The summed E-state index contributed by atoms with van der Waals surface area (Å²) in [6.45, 7) is 8.25. The van der Waals surface area contributed by atoms with Gasteiger partial charge in [0.15, 0.2) is 29.0 Å². The Balaban J connectivity index is 1.45. The maximum atomic E-state index is 5.84. The number of fused-ring (bicyclic) bond motifs is 4. The van der Waals surface area contributed by atoms with Gasteiger partial charge in [0.1, 0.15) is 0 Å². The van der Waals surface area contributed by atoms with Gasteiger partial charge in [0.05, 0.1) is 50.1 Å². The number of hydrogen-bond donors (Lipinski definition) is 1. The van der Waals surface area contributed by atoms with E-state index in [4.69, 9.17) is 29.3 Å². The van der Waals surface area contributed by atoms with Crippen LogP contribution in [0.25, 0.3) is 5.69 Å². The minimum absolute atomic E-state index is 0.364. The molecule has 0 radical (unpaired) electrons. The van der Waals surface area contributed by atoms with Crippen molar-refractivity contribution >= 4 is 40.2 Å². The molecule has 0 saturated carbocycles. The first-order chi connectivity index (χ1) is 23.5. The van der Waals surface area contributed by atoms with E-state index < -0.39 is 0 Å². The number of hydrogen-bond acceptors (Lipinski definition) is 9. The zero-order valence-corrected chi connectivity index (χ0v) is 28.1. The van der Waals surface area contributed by atoms with Gasteiger partial charge in [0.25, 0.3) is 0 Å². The molecule has 1 N–H and O–H groups in total. The van der Waals surface area contributed by atoms with Crippen molar-refractivity contribution in [3.63, 3.8) is 0 Å². The highest BCUT2D eigenvalue weighted by Gasteiger charge is 2.42. The maximum Gasteiger partial charge on any atom is 0.203 e. The number of rotatable bonds is 9. The third kappa shape index (κ3) is 5.19. The van der Waals surface area contributed by atoms with Gasteiger partial charge < -0.3 is 29.3 Å². The van der Waals surface area contributed by atoms with E-state index in [0.29, 0.717) is 28.9 Å². The van der Waals surface area contributed by atoms with Crippen LogP contribution in [0.4, 0.5) is 28.6 Å². The first-order valence-corrected chi connectivity index (χ1v) is 16.1. The molecule has 4 aromatic carbocycles. The Hall–Kier alpha value is -5.77. The number of aliphatic imine (C=N–C) groups is 2. The van der Waals surface area contributed by atoms with Crippen molar-refractivity contribution in [2.45, 2.75) is 26.8 Å². The van der Waals surface area contributed by atoms with Gasteiger partial charge >= 0.3 is 0 Å². The summed E-state index contributed by atoms with van der Waals surface area (Å²) in [5.74, 6) is 3.69. The Morgan fingerprint density at radius 3 is 2.10 bits per heavy atom. The molecule has 48 heavy (non-hydrogen) atoms. The largest absolute Gasteiger partial charge is 0.493 e. The molecule has 244 valence electrons. The molecule has 0 aliphatic carbocycles. The Morgan fingerprint density at radius 2 is 1.46 bits per heavy atom. The van der Waals surface area contributed by atoms with Crippen molar-refractivity contribution in [2.75, 3.05) is 49.5 Å². The van der Waals surface area contributed by atoms with Crippen LogP contribution in [-0.4, -0.2) is 55.9 Å². The van der Waals surface area contributed by atoms with Crippen molar-refractivity contribution < 1.29 is 14.2 Å². The number of aryl methyl sites for hydroxylation is 1. The Kier molecular flexibility index (Phi) is 8.22. The molecule has 0 saturated heterocycles. The molecule has 0 bridgehead atoms. The minimum Gasteiger partial charge on any atom is -0.493 e. The Bertz CT molecular complexity index is 1990. The summed E-state index contributed by atoms with van der Waals surface area (Å²) in [4.78, 5) is 15.1. The lowest BCUT2D eigenvalue weighted by atomic mass is 9.92. The lowest BCUT2D eigenvalue weighted by Gasteiger charge is -2.40. The van der Waals surface area contributed by atoms with Crippen LogP contribution in [0.2, 0.25) is 0 Å². The van der Waals surface area contributed by atoms with Crippen molar-refractivity contribution in [1.82, 2.24) is 9.78 Å². The summed E-state index contributed by atoms with van der Waals surface area (Å²) in [5.41, 5.74) is 7.50. The standard InChI is InChI=1S/C38H39N7O3/c1-7-43(8-2)27-20-18-26(19-21-27)39-36-38-41-37-33(24(3)42-45(37)28-14-10-9-11-15-28)34(44(38)30-17-13-12-16-29(30)40-36)25-22-31(46-4)35(48-6)32(23-25)47-5/h9-23,34H,7-8H2,1-6H3,(H,39,40)/t34-/m1/s1. The first-order valence-electron chi connectivity index (χ1n) is 16.1. The van der Waals surface area contributed by atoms with E-state index >= 15 is 0 Å². The van der Waals surface area contributed by atoms with E-state index in [0.717, 1.165) is 58.5 Å². The average Bonchev–Trinajstić information content (AvgIpc) is 3.47. The van der Waals surface area contributed by atoms with Gasteiger partial charge in [-0.05, 0) is 87.0 Å². The summed E-state index contributed by atoms with van der Waals surface area (Å²) in [6, 6.07) is 30.3. The second-order valence-electron chi connectivity index (χ2n) is 11.5. The zero-order valence-electron chi connectivity index (χ0n) is 28.1. The Morgan fingerprint density at radius 1 is 0.792 bits per heavy atom. The highest BCUT2D eigenvalue weighted by Crippen LogP contribution is 2.50. The van der Waals surface area contributed by atoms with Crippen LogP contribution in [0.5, 0.6) is 17.2 Å². The van der Waals surface area contributed by atoms with Gasteiger partial charge in [-0.2, -0.15) is 5.10 Å². The first kappa shape index (κ1) is 30.9. The highest BCUT2D eigenvalue weighted by molar-refractivity contribution is 6.51. The fourth-order valence-electron chi connectivity index (χ4n) is 6.60. The number of ether oxygens (including phenoxy) is 3. The normalized spacial score (nSPS) is 14.6. The number of nitrogens with zero attached hydrogens (tertiary/aromatic N) is 6. The summed E-state index contributed by atoms with van der Waals surface area (Å²) >= 11 is 0. The van der Waals surface area contributed by atoms with Gasteiger partial charge in [0.2, 0.25) is 5.75 Å². The number of benzene rings is 4. The molecular weight excluding hydrogens is 602 g/mol. The smallest absolute Gasteiger partial charge is 0.203 e. The second kappa shape index (κ2) is 12.8. The van der Waals surface area contributed by atoms with Crippen molar-refractivity contribution in [3.8, 4) is 22.9 Å². The van der Waals surface area contributed by atoms with E-state index in [1.165, 1.54) is 5.69 Å². The molecule has 5 aromatic rings. The van der Waals surface area contributed by atoms with Crippen molar-refractivity contribution in [1.29, 1.82) is 0 Å². The van der Waals surface area contributed by atoms with Crippen molar-refractivity contribution in [3.05, 3.63) is 108 Å². The third-order valence-electron chi connectivity index (χ3n) is 8.90. The van der Waals surface area contributed by atoms with E-state index in [1.54, 1.807) is 21.3 Å². The lowest BCUT2D eigenvalue weighted by Crippen LogP contribution is -2.46. The van der Waals surface area contributed by atoms with Crippen LogP contribution in [0, 0.1) is 6.92 Å². The maximum absolute atomic E-state index is 5.84. The molecule has 1 aromatic heterocycles. The quantitative estimate of drug-likeness (QED) is 0.175. The van der Waals surface area contributed by atoms with Gasteiger partial charge in [-0.25, -0.2) is 14.7 Å². The number of aromatic nitrogens is 2. The van der Waals surface area contributed by atoms with Gasteiger partial charge in [-0.15, -0.1) is 0 Å². The minimum atomic E-state index is -0.364. The zero-order chi connectivity index (χ0) is 33.4. The van der Waals surface area contributed by atoms with Crippen LogP contribution >= 0.6 is 0 Å². The predicted molar refractivity (Wildman–Crippen MR) is 193 cm³/mol. The van der Waals surface area contributed by atoms with E-state index in [1.807, 2.05) is 72.3 Å².